The molecule has 15 heteroatoms. The number of carbonyl (C=O) groups is 4. The number of benzene rings is 3. The molecule has 406 valence electrons. The van der Waals surface area contributed by atoms with Crippen molar-refractivity contribution in [1.82, 2.24) is 45.7 Å². The standard InChI is InChI=1S/C61H82N10O5/c1-42-56(58-64-52(46-23-11-8-12-24-46)40-55(71(58)67-42)69-34-32-68(33-35-69)36-37-72)48-28-18-21-44(38-48)20-10-6-4-5-7-15-31-54(73)63-49-39-53(60(75)65-51-30-19-27-45-22-16-17-29-50(45)51)70(41-49)61(76)57(47-25-13-9-14-26-47)66-59(74)43(2)62-3/h8,11-12,16-18,21-24,28-29,38,40,43,47,49,51,53,57,62,72H,4-7,9-10,13-15,19-20,25-27,30-37,39,41H2,1-3H3,(H,63,73)(H,65,75)(H,66,74)/t43-,49-,51+,53-,57-/m0/s1. The van der Waals surface area contributed by atoms with Crippen molar-refractivity contribution in [2.24, 2.45) is 5.92 Å². The highest BCUT2D eigenvalue weighted by Gasteiger charge is 2.45. The Balaban J connectivity index is 0.777. The van der Waals surface area contributed by atoms with E-state index in [1.165, 1.54) is 11.1 Å². The predicted molar refractivity (Wildman–Crippen MR) is 300 cm³/mol. The largest absolute Gasteiger partial charge is 0.395 e. The summed E-state index contributed by atoms with van der Waals surface area (Å²) in [6, 6.07) is 27.1. The van der Waals surface area contributed by atoms with E-state index >= 15 is 0 Å². The molecule has 15 nitrogen and oxygen atoms in total. The van der Waals surface area contributed by atoms with E-state index in [2.05, 4.69) is 105 Å². The van der Waals surface area contributed by atoms with Crippen LogP contribution in [0.3, 0.4) is 0 Å². The molecule has 0 bridgehead atoms. The highest BCUT2D eigenvalue weighted by atomic mass is 16.3. The zero-order chi connectivity index (χ0) is 53.0. The Labute approximate surface area is 450 Å². The number of carbonyl (C=O) groups excluding carboxylic acids is 4. The Hall–Kier alpha value is -6.16. The van der Waals surface area contributed by atoms with Crippen LogP contribution < -0.4 is 26.2 Å². The van der Waals surface area contributed by atoms with Crippen LogP contribution in [-0.4, -0.2) is 130 Å². The lowest BCUT2D eigenvalue weighted by molar-refractivity contribution is -0.143. The lowest BCUT2D eigenvalue weighted by Crippen LogP contribution is -2.58. The number of aliphatic hydroxyl groups is 1. The van der Waals surface area contributed by atoms with E-state index < -0.39 is 18.1 Å². The summed E-state index contributed by atoms with van der Waals surface area (Å²) in [6.45, 7) is 8.40. The number of hydrogen-bond donors (Lipinski definition) is 5. The highest BCUT2D eigenvalue weighted by molar-refractivity contribution is 5.94. The fourth-order valence-corrected chi connectivity index (χ4v) is 12.3. The van der Waals surface area contributed by atoms with Crippen molar-refractivity contribution >= 4 is 35.1 Å². The first-order chi connectivity index (χ1) is 37.1. The Morgan fingerprint density at radius 2 is 1.53 bits per heavy atom. The molecule has 76 heavy (non-hydrogen) atoms. The summed E-state index contributed by atoms with van der Waals surface area (Å²) in [5.74, 6) is 0.295. The van der Waals surface area contributed by atoms with Gasteiger partial charge in [-0.2, -0.15) is 9.61 Å². The minimum Gasteiger partial charge on any atom is -0.395 e. The van der Waals surface area contributed by atoms with Gasteiger partial charge in [-0.1, -0.05) is 124 Å². The second-order valence-corrected chi connectivity index (χ2v) is 22.0. The maximum absolute atomic E-state index is 14.8. The molecule has 2 aromatic heterocycles. The second kappa shape index (κ2) is 26.3. The number of hydrogen-bond acceptors (Lipinski definition) is 10. The molecule has 0 spiro atoms. The molecule has 2 aliphatic heterocycles. The lowest BCUT2D eigenvalue weighted by atomic mass is 9.83. The average Bonchev–Trinajstić information content (AvgIpc) is 4.03. The molecule has 5 aromatic rings. The smallest absolute Gasteiger partial charge is 0.246 e. The van der Waals surface area contributed by atoms with Crippen molar-refractivity contribution in [3.63, 3.8) is 0 Å². The van der Waals surface area contributed by atoms with Gasteiger partial charge in [0.15, 0.2) is 5.65 Å². The molecule has 1 saturated carbocycles. The number of aromatic nitrogens is 3. The zero-order valence-corrected chi connectivity index (χ0v) is 45.3. The number of unbranched alkanes of at least 4 members (excludes halogenated alkanes) is 5. The van der Waals surface area contributed by atoms with E-state index in [0.29, 0.717) is 19.4 Å². The highest BCUT2D eigenvalue weighted by Crippen LogP contribution is 2.35. The number of nitrogens with one attached hydrogen (secondary N) is 4. The van der Waals surface area contributed by atoms with Crippen LogP contribution in [0, 0.1) is 12.8 Å². The third-order valence-corrected chi connectivity index (χ3v) is 16.7. The molecule has 3 fully saturated rings. The van der Waals surface area contributed by atoms with Gasteiger partial charge < -0.3 is 36.2 Å². The number of likely N-dealkylation sites (tertiary alicyclic amines) is 1. The van der Waals surface area contributed by atoms with Crippen LogP contribution >= 0.6 is 0 Å². The lowest BCUT2D eigenvalue weighted by Gasteiger charge is -2.35. The van der Waals surface area contributed by atoms with E-state index in [9.17, 15) is 24.3 Å². The predicted octanol–water partition coefficient (Wildman–Crippen LogP) is 7.71. The number of nitrogens with zero attached hydrogens (tertiary/aromatic N) is 6. The number of rotatable bonds is 22. The number of β-amino-alcohol motifs (C(OH)–C–C–N with tert-alkyl or cyclic N) is 1. The van der Waals surface area contributed by atoms with Gasteiger partial charge in [-0.15, -0.1) is 0 Å². The Bertz CT molecular complexity index is 2750. The van der Waals surface area contributed by atoms with Gasteiger partial charge in [0.1, 0.15) is 17.9 Å². The maximum Gasteiger partial charge on any atom is 0.246 e. The summed E-state index contributed by atoms with van der Waals surface area (Å²) in [4.78, 5) is 67.6. The fraction of sp³-hybridized carbons (Fsp3) is 0.541. The van der Waals surface area contributed by atoms with E-state index in [-0.39, 0.29) is 54.8 Å². The van der Waals surface area contributed by atoms with Crippen molar-refractivity contribution in [2.75, 3.05) is 57.8 Å². The molecule has 4 aliphatic rings. The molecule has 2 aliphatic carbocycles. The Kier molecular flexibility index (Phi) is 18.9. The minimum absolute atomic E-state index is 0.0137. The Morgan fingerprint density at radius 1 is 0.789 bits per heavy atom. The normalized spacial score (nSPS) is 20.0. The van der Waals surface area contributed by atoms with E-state index in [4.69, 9.17) is 10.1 Å². The topological polar surface area (TPSA) is 177 Å². The molecular weight excluding hydrogens is 953 g/mol. The first-order valence-electron chi connectivity index (χ1n) is 28.7. The molecule has 5 N–H and O–H groups in total. The van der Waals surface area contributed by atoms with Crippen LogP contribution in [0.1, 0.15) is 132 Å². The first-order valence-corrected chi connectivity index (χ1v) is 28.7. The molecular formula is C61H82N10O5. The van der Waals surface area contributed by atoms with Crippen LogP contribution in [-0.2, 0) is 32.0 Å². The monoisotopic (exact) mass is 1030 g/mol. The van der Waals surface area contributed by atoms with Crippen LogP contribution in [0.5, 0.6) is 0 Å². The molecule has 2 saturated heterocycles. The van der Waals surface area contributed by atoms with Crippen LogP contribution in [0.25, 0.3) is 28.0 Å². The van der Waals surface area contributed by atoms with Crippen LogP contribution in [0.15, 0.2) is 84.9 Å². The van der Waals surface area contributed by atoms with Gasteiger partial charge in [-0.25, -0.2) is 4.98 Å². The molecule has 3 aromatic carbocycles. The van der Waals surface area contributed by atoms with Crippen molar-refractivity contribution in [3.8, 4) is 22.4 Å². The fourth-order valence-electron chi connectivity index (χ4n) is 12.3. The molecule has 9 rings (SSSR count). The maximum atomic E-state index is 14.8. The summed E-state index contributed by atoms with van der Waals surface area (Å²) >= 11 is 0. The van der Waals surface area contributed by atoms with Gasteiger partial charge in [-0.05, 0) is 107 Å². The minimum atomic E-state index is -0.761. The number of aliphatic hydroxyl groups excluding tert-OH is 1. The zero-order valence-electron chi connectivity index (χ0n) is 45.3. The van der Waals surface area contributed by atoms with Crippen molar-refractivity contribution in [2.45, 2.75) is 153 Å². The first kappa shape index (κ1) is 54.6. The SMILES string of the molecule is CN[C@@H](C)C(=O)N[C@H](C(=O)N1C[C@@H](NC(=O)CCCCCCCCc2cccc(-c3c(C)nn4c(N5CCN(CCO)CC5)cc(-c5ccccc5)nc34)c2)C[C@H]1C(=O)N[C@@H]1CCCc2ccccc21)C1CCCCC1. The summed E-state index contributed by atoms with van der Waals surface area (Å²) in [5, 5.41) is 27.3. The van der Waals surface area contributed by atoms with Gasteiger partial charge in [0.2, 0.25) is 23.6 Å². The van der Waals surface area contributed by atoms with Gasteiger partial charge in [0, 0.05) is 68.9 Å². The molecule has 4 heterocycles. The number of anilines is 1. The van der Waals surface area contributed by atoms with Gasteiger partial charge >= 0.3 is 0 Å². The molecule has 4 amide bonds. The van der Waals surface area contributed by atoms with Gasteiger partial charge in [0.05, 0.1) is 30.1 Å². The van der Waals surface area contributed by atoms with E-state index in [0.717, 1.165) is 168 Å². The number of amides is 4. The second-order valence-electron chi connectivity index (χ2n) is 22.0. The molecule has 0 unspecified atom stereocenters. The Morgan fingerprint density at radius 3 is 2.30 bits per heavy atom. The summed E-state index contributed by atoms with van der Waals surface area (Å²) in [6.07, 6.45) is 15.3. The third-order valence-electron chi connectivity index (χ3n) is 16.7. The van der Waals surface area contributed by atoms with Crippen molar-refractivity contribution in [3.05, 3.63) is 107 Å². The molecule has 0 radical (unpaired) electrons. The summed E-state index contributed by atoms with van der Waals surface area (Å²) in [7, 11) is 1.73. The third kappa shape index (κ3) is 13.3. The summed E-state index contributed by atoms with van der Waals surface area (Å²) in [5.41, 5.74) is 9.62. The van der Waals surface area contributed by atoms with Crippen molar-refractivity contribution in [1.29, 1.82) is 0 Å². The van der Waals surface area contributed by atoms with E-state index in [1.807, 2.05) is 22.7 Å². The van der Waals surface area contributed by atoms with Gasteiger partial charge in [-0.3, -0.25) is 24.1 Å². The average molecular weight is 1040 g/mol. The molecule has 5 atom stereocenters. The number of aryl methyl sites for hydroxylation is 3. The van der Waals surface area contributed by atoms with Crippen LogP contribution in [0.4, 0.5) is 5.82 Å². The summed E-state index contributed by atoms with van der Waals surface area (Å²) < 4.78 is 2.03. The van der Waals surface area contributed by atoms with Crippen molar-refractivity contribution < 1.29 is 24.3 Å². The number of piperazine rings is 1. The van der Waals surface area contributed by atoms with Gasteiger partial charge in [0.25, 0.3) is 0 Å². The van der Waals surface area contributed by atoms with E-state index in [1.54, 1.807) is 18.9 Å². The quantitative estimate of drug-likeness (QED) is 0.0432. The number of fused-ring (bicyclic) bond motifs is 2. The van der Waals surface area contributed by atoms with Crippen LogP contribution in [0.2, 0.25) is 0 Å². The number of likely N-dealkylation sites (N-methyl/N-ethyl adjacent to an activating group) is 1.